The third-order valence-corrected chi connectivity index (χ3v) is 3.77. The summed E-state index contributed by atoms with van der Waals surface area (Å²) in [5.74, 6) is 0.514. The van der Waals surface area contributed by atoms with Crippen LogP contribution in [-0.2, 0) is 13.5 Å². The first-order valence-corrected chi connectivity index (χ1v) is 6.78. The Morgan fingerprint density at radius 2 is 2.16 bits per heavy atom. The number of Topliss-reactive ketones (excluding diaryl/α,β-unsaturated/α-hetero) is 1. The summed E-state index contributed by atoms with van der Waals surface area (Å²) >= 11 is 0. The van der Waals surface area contributed by atoms with Crippen LogP contribution < -0.4 is 0 Å². The largest absolute Gasteiger partial charge is 0.332 e. The van der Waals surface area contributed by atoms with Crippen molar-refractivity contribution in [1.29, 1.82) is 0 Å². The fourth-order valence-electron chi connectivity index (χ4n) is 2.72. The van der Waals surface area contributed by atoms with E-state index in [0.717, 1.165) is 5.69 Å². The smallest absolute Gasteiger partial charge is 0.204 e. The zero-order valence-electron chi connectivity index (χ0n) is 11.1. The van der Waals surface area contributed by atoms with Gasteiger partial charge in [-0.05, 0) is 18.9 Å². The molecule has 0 N–H and O–H groups in total. The summed E-state index contributed by atoms with van der Waals surface area (Å²) in [4.78, 5) is 16.2. The molecule has 3 rings (SSSR count). The molecular weight excluding hydrogens is 240 g/mol. The van der Waals surface area contributed by atoms with E-state index in [4.69, 9.17) is 0 Å². The van der Waals surface area contributed by atoms with Gasteiger partial charge < -0.3 is 4.57 Å². The number of aryl methyl sites for hydroxylation is 1. The molecule has 5 heteroatoms. The Hall–Kier alpha value is -1.91. The molecule has 0 aliphatic heterocycles. The van der Waals surface area contributed by atoms with E-state index in [2.05, 4.69) is 10.1 Å². The normalized spacial score (nSPS) is 16.1. The lowest BCUT2D eigenvalue weighted by atomic mass is 10.2. The molecule has 5 nitrogen and oxygen atoms in total. The first-order valence-electron chi connectivity index (χ1n) is 6.78. The number of nitrogens with zero attached hydrogens (tertiary/aromatic N) is 4. The van der Waals surface area contributed by atoms with Gasteiger partial charge in [0.15, 0.2) is 5.82 Å². The van der Waals surface area contributed by atoms with Crippen LogP contribution in [0, 0.1) is 0 Å². The minimum atomic E-state index is 0.0178. The number of aromatic nitrogens is 4. The molecule has 0 atom stereocenters. The lowest BCUT2D eigenvalue weighted by molar-refractivity contribution is 0.0979. The Morgan fingerprint density at radius 1 is 1.37 bits per heavy atom. The van der Waals surface area contributed by atoms with Gasteiger partial charge in [0.1, 0.15) is 0 Å². The predicted molar refractivity (Wildman–Crippen MR) is 71.0 cm³/mol. The Balaban J connectivity index is 1.70. The molecule has 2 aromatic heterocycles. The van der Waals surface area contributed by atoms with Crippen LogP contribution in [0.25, 0.3) is 0 Å². The summed E-state index contributed by atoms with van der Waals surface area (Å²) in [7, 11) is 1.83. The van der Waals surface area contributed by atoms with Gasteiger partial charge in [-0.15, -0.1) is 0 Å². The number of carbonyl (C=O) groups is 1. The van der Waals surface area contributed by atoms with E-state index in [9.17, 15) is 4.79 Å². The van der Waals surface area contributed by atoms with Crippen LogP contribution >= 0.6 is 0 Å². The molecular formula is C14H18N4O. The second kappa shape index (κ2) is 4.99. The molecule has 2 heterocycles. The Labute approximate surface area is 112 Å². The molecule has 1 aliphatic carbocycles. The summed E-state index contributed by atoms with van der Waals surface area (Å²) in [6.45, 7) is 0. The van der Waals surface area contributed by atoms with Crippen molar-refractivity contribution >= 4 is 5.78 Å². The predicted octanol–water partition coefficient (Wildman–Crippen LogP) is 2.16. The number of hydrogen-bond acceptors (Lipinski definition) is 3. The molecule has 0 saturated heterocycles. The summed E-state index contributed by atoms with van der Waals surface area (Å²) in [6.07, 6.45) is 10.7. The summed E-state index contributed by atoms with van der Waals surface area (Å²) < 4.78 is 3.77. The Morgan fingerprint density at radius 3 is 2.84 bits per heavy atom. The van der Waals surface area contributed by atoms with Crippen LogP contribution in [0.2, 0.25) is 0 Å². The summed E-state index contributed by atoms with van der Waals surface area (Å²) in [5.41, 5.74) is 0.833. The van der Waals surface area contributed by atoms with Gasteiger partial charge in [0, 0.05) is 25.6 Å². The first kappa shape index (κ1) is 12.1. The minimum absolute atomic E-state index is 0.0178. The van der Waals surface area contributed by atoms with Gasteiger partial charge >= 0.3 is 0 Å². The highest BCUT2D eigenvalue weighted by atomic mass is 16.1. The van der Waals surface area contributed by atoms with Gasteiger partial charge in [0.05, 0.1) is 18.2 Å². The molecule has 1 fully saturated rings. The summed E-state index contributed by atoms with van der Waals surface area (Å²) in [5, 5.41) is 4.53. The zero-order valence-corrected chi connectivity index (χ0v) is 11.1. The zero-order chi connectivity index (χ0) is 13.2. The first-order chi connectivity index (χ1) is 9.24. The van der Waals surface area contributed by atoms with Gasteiger partial charge in [0.25, 0.3) is 0 Å². The van der Waals surface area contributed by atoms with E-state index in [-0.39, 0.29) is 5.78 Å². The Kier molecular flexibility index (Phi) is 3.19. The second-order valence-corrected chi connectivity index (χ2v) is 5.19. The topological polar surface area (TPSA) is 52.7 Å². The maximum Gasteiger partial charge on any atom is 0.204 e. The van der Waals surface area contributed by atoms with Crippen molar-refractivity contribution in [3.63, 3.8) is 0 Å². The van der Waals surface area contributed by atoms with Crippen molar-refractivity contribution in [2.45, 2.75) is 38.1 Å². The highest BCUT2D eigenvalue weighted by Crippen LogP contribution is 2.28. The van der Waals surface area contributed by atoms with Crippen LogP contribution in [0.5, 0.6) is 0 Å². The van der Waals surface area contributed by atoms with E-state index in [0.29, 0.717) is 18.3 Å². The van der Waals surface area contributed by atoms with Gasteiger partial charge in [-0.3, -0.25) is 9.48 Å². The SMILES string of the molecule is Cn1ccnc1C(=O)Cc1ccn(C2CCCC2)n1. The van der Waals surface area contributed by atoms with Gasteiger partial charge in [-0.1, -0.05) is 12.8 Å². The van der Waals surface area contributed by atoms with Crippen LogP contribution in [0.15, 0.2) is 24.7 Å². The maximum absolute atomic E-state index is 12.1. The standard InChI is InChI=1S/C14H18N4O/c1-17-9-7-15-14(17)13(19)10-11-6-8-18(16-11)12-4-2-3-5-12/h6-9,12H,2-5,10H2,1H3. The third kappa shape index (κ3) is 2.45. The van der Waals surface area contributed by atoms with Crippen molar-refractivity contribution in [2.75, 3.05) is 0 Å². The molecule has 0 aromatic carbocycles. The van der Waals surface area contributed by atoms with E-state index >= 15 is 0 Å². The van der Waals surface area contributed by atoms with Crippen molar-refractivity contribution in [1.82, 2.24) is 19.3 Å². The van der Waals surface area contributed by atoms with Crippen molar-refractivity contribution in [2.24, 2.45) is 7.05 Å². The fourth-order valence-corrected chi connectivity index (χ4v) is 2.72. The Bertz CT molecular complexity index is 578. The van der Waals surface area contributed by atoms with Crippen molar-refractivity contribution in [3.05, 3.63) is 36.2 Å². The number of carbonyl (C=O) groups excluding carboxylic acids is 1. The number of ketones is 1. The van der Waals surface area contributed by atoms with E-state index in [1.165, 1.54) is 25.7 Å². The molecule has 0 bridgehead atoms. The van der Waals surface area contributed by atoms with E-state index in [1.807, 2.05) is 24.0 Å². The number of imidazole rings is 1. The molecule has 1 aliphatic rings. The lowest BCUT2D eigenvalue weighted by Gasteiger charge is -2.08. The van der Waals surface area contributed by atoms with Crippen LogP contribution in [0.3, 0.4) is 0 Å². The molecule has 0 spiro atoms. The number of rotatable bonds is 4. The highest BCUT2D eigenvalue weighted by Gasteiger charge is 2.19. The molecule has 0 amide bonds. The maximum atomic E-state index is 12.1. The van der Waals surface area contributed by atoms with Gasteiger partial charge in [-0.25, -0.2) is 4.98 Å². The third-order valence-electron chi connectivity index (χ3n) is 3.77. The average molecular weight is 258 g/mol. The molecule has 0 unspecified atom stereocenters. The van der Waals surface area contributed by atoms with Crippen LogP contribution in [-0.4, -0.2) is 25.1 Å². The monoisotopic (exact) mass is 258 g/mol. The molecule has 100 valence electrons. The summed E-state index contributed by atoms with van der Waals surface area (Å²) in [6, 6.07) is 2.47. The molecule has 0 radical (unpaired) electrons. The number of hydrogen-bond donors (Lipinski definition) is 0. The second-order valence-electron chi connectivity index (χ2n) is 5.19. The minimum Gasteiger partial charge on any atom is -0.332 e. The lowest BCUT2D eigenvalue weighted by Crippen LogP contribution is -2.11. The highest BCUT2D eigenvalue weighted by molar-refractivity contribution is 5.94. The van der Waals surface area contributed by atoms with Gasteiger partial charge in [-0.2, -0.15) is 5.10 Å². The van der Waals surface area contributed by atoms with E-state index in [1.54, 1.807) is 17.0 Å². The van der Waals surface area contributed by atoms with E-state index < -0.39 is 0 Å². The molecule has 1 saturated carbocycles. The van der Waals surface area contributed by atoms with Crippen LogP contribution in [0.4, 0.5) is 0 Å². The van der Waals surface area contributed by atoms with Crippen molar-refractivity contribution in [3.8, 4) is 0 Å². The van der Waals surface area contributed by atoms with Crippen LogP contribution in [0.1, 0.15) is 48.0 Å². The molecule has 2 aromatic rings. The quantitative estimate of drug-likeness (QED) is 0.790. The fraction of sp³-hybridized carbons (Fsp3) is 0.500. The van der Waals surface area contributed by atoms with Crippen molar-refractivity contribution < 1.29 is 4.79 Å². The average Bonchev–Trinajstić information content (AvgIpc) is 3.07. The van der Waals surface area contributed by atoms with Gasteiger partial charge in [0.2, 0.25) is 5.78 Å². The molecule has 19 heavy (non-hydrogen) atoms.